The zero-order chi connectivity index (χ0) is 21.6. The lowest BCUT2D eigenvalue weighted by Crippen LogP contribution is -2.30. The molecular formula is C22H26N2O5. The van der Waals surface area contributed by atoms with Crippen molar-refractivity contribution in [1.82, 2.24) is 0 Å². The van der Waals surface area contributed by atoms with Gasteiger partial charge >= 0.3 is 12.1 Å². The summed E-state index contributed by atoms with van der Waals surface area (Å²) in [6.45, 7) is 8.72. The van der Waals surface area contributed by atoms with Crippen LogP contribution in [0.3, 0.4) is 0 Å². The summed E-state index contributed by atoms with van der Waals surface area (Å²) in [7, 11) is 0. The van der Waals surface area contributed by atoms with Crippen molar-refractivity contribution >= 4 is 29.3 Å². The van der Waals surface area contributed by atoms with Gasteiger partial charge in [-0.2, -0.15) is 0 Å². The predicted molar refractivity (Wildman–Crippen MR) is 111 cm³/mol. The van der Waals surface area contributed by atoms with Crippen LogP contribution in [0.15, 0.2) is 48.5 Å². The van der Waals surface area contributed by atoms with Gasteiger partial charge in [-0.15, -0.1) is 0 Å². The van der Waals surface area contributed by atoms with Gasteiger partial charge in [0.25, 0.3) is 5.91 Å². The molecule has 2 rings (SSSR count). The van der Waals surface area contributed by atoms with Crippen molar-refractivity contribution in [3.05, 3.63) is 59.7 Å². The molecular weight excluding hydrogens is 372 g/mol. The number of esters is 1. The largest absolute Gasteiger partial charge is 0.449 e. The van der Waals surface area contributed by atoms with Gasteiger partial charge in [-0.05, 0) is 76.6 Å². The normalized spacial score (nSPS) is 11.9. The van der Waals surface area contributed by atoms with Crippen molar-refractivity contribution in [2.24, 2.45) is 0 Å². The van der Waals surface area contributed by atoms with Crippen molar-refractivity contribution in [3.63, 3.8) is 0 Å². The van der Waals surface area contributed by atoms with Crippen LogP contribution in [-0.4, -0.2) is 29.7 Å². The van der Waals surface area contributed by atoms with Gasteiger partial charge in [-0.1, -0.05) is 12.1 Å². The van der Waals surface area contributed by atoms with Crippen LogP contribution in [0.25, 0.3) is 0 Å². The van der Waals surface area contributed by atoms with E-state index < -0.39 is 29.7 Å². The smallest absolute Gasteiger partial charge is 0.412 e. The Morgan fingerprint density at radius 2 is 1.59 bits per heavy atom. The Hall–Kier alpha value is -3.35. The third-order valence-corrected chi connectivity index (χ3v) is 3.70. The molecule has 0 fully saturated rings. The van der Waals surface area contributed by atoms with E-state index >= 15 is 0 Å². The summed E-state index contributed by atoms with van der Waals surface area (Å²) < 4.78 is 10.4. The molecule has 2 aromatic rings. The van der Waals surface area contributed by atoms with Crippen molar-refractivity contribution in [2.45, 2.75) is 46.3 Å². The summed E-state index contributed by atoms with van der Waals surface area (Å²) in [5.41, 5.74) is 1.77. The van der Waals surface area contributed by atoms with E-state index in [1.807, 2.05) is 25.1 Å². The van der Waals surface area contributed by atoms with Crippen LogP contribution in [0.1, 0.15) is 43.6 Å². The molecule has 0 saturated heterocycles. The van der Waals surface area contributed by atoms with Crippen LogP contribution in [0.5, 0.6) is 0 Å². The summed E-state index contributed by atoms with van der Waals surface area (Å²) in [4.78, 5) is 36.3. The molecule has 0 aliphatic carbocycles. The summed E-state index contributed by atoms with van der Waals surface area (Å²) >= 11 is 0. The van der Waals surface area contributed by atoms with Crippen LogP contribution in [0, 0.1) is 6.92 Å². The molecule has 2 aromatic carbocycles. The third-order valence-electron chi connectivity index (χ3n) is 3.70. The molecule has 0 heterocycles. The number of ether oxygens (including phenoxy) is 2. The standard InChI is InChI=1S/C22H26N2O5/c1-14-7-6-8-18(13-14)23-19(25)15(2)28-20(26)16-9-11-17(12-10-16)24-21(27)29-22(3,4)5/h6-13,15H,1-5H3,(H,23,25)(H,24,27)/t15-/m0/s1. The molecule has 0 spiro atoms. The third kappa shape index (κ3) is 7.29. The van der Waals surface area contributed by atoms with Crippen molar-refractivity contribution in [2.75, 3.05) is 10.6 Å². The fraction of sp³-hybridized carbons (Fsp3) is 0.318. The maximum Gasteiger partial charge on any atom is 0.412 e. The maximum absolute atomic E-state index is 12.3. The van der Waals surface area contributed by atoms with Crippen LogP contribution in [0.2, 0.25) is 0 Å². The summed E-state index contributed by atoms with van der Waals surface area (Å²) in [6.07, 6.45) is -1.56. The lowest BCUT2D eigenvalue weighted by atomic mass is 10.2. The fourth-order valence-corrected chi connectivity index (χ4v) is 2.36. The molecule has 0 radical (unpaired) electrons. The van der Waals surface area contributed by atoms with Crippen LogP contribution >= 0.6 is 0 Å². The number of anilines is 2. The second kappa shape index (κ2) is 9.23. The van der Waals surface area contributed by atoms with E-state index in [2.05, 4.69) is 10.6 Å². The van der Waals surface area contributed by atoms with E-state index in [9.17, 15) is 14.4 Å². The molecule has 154 valence electrons. The predicted octanol–water partition coefficient (Wildman–Crippen LogP) is 4.53. The van der Waals surface area contributed by atoms with E-state index in [0.717, 1.165) is 5.56 Å². The molecule has 29 heavy (non-hydrogen) atoms. The van der Waals surface area contributed by atoms with Gasteiger partial charge in [0.05, 0.1) is 5.56 Å². The summed E-state index contributed by atoms with van der Waals surface area (Å²) in [5.74, 6) is -1.06. The molecule has 7 nitrogen and oxygen atoms in total. The van der Waals surface area contributed by atoms with Gasteiger partial charge < -0.3 is 14.8 Å². The second-order valence-corrected chi connectivity index (χ2v) is 7.61. The molecule has 7 heteroatoms. The number of rotatable bonds is 5. The van der Waals surface area contributed by atoms with Gasteiger partial charge in [0, 0.05) is 11.4 Å². The highest BCUT2D eigenvalue weighted by atomic mass is 16.6. The quantitative estimate of drug-likeness (QED) is 0.722. The topological polar surface area (TPSA) is 93.7 Å². The highest BCUT2D eigenvalue weighted by molar-refractivity contribution is 5.97. The molecule has 0 bridgehead atoms. The van der Waals surface area contributed by atoms with Gasteiger partial charge in [0.15, 0.2) is 6.10 Å². The first-order valence-electron chi connectivity index (χ1n) is 9.22. The number of nitrogens with one attached hydrogen (secondary N) is 2. The summed E-state index contributed by atoms with van der Waals surface area (Å²) in [5, 5.41) is 5.29. The van der Waals surface area contributed by atoms with E-state index in [-0.39, 0.29) is 5.56 Å². The highest BCUT2D eigenvalue weighted by Crippen LogP contribution is 2.15. The lowest BCUT2D eigenvalue weighted by Gasteiger charge is -2.19. The number of carbonyl (C=O) groups excluding carboxylic acids is 3. The molecule has 0 unspecified atom stereocenters. The Labute approximate surface area is 170 Å². The maximum atomic E-state index is 12.3. The first kappa shape index (κ1) is 21.9. The molecule has 0 aliphatic rings. The minimum atomic E-state index is -0.970. The summed E-state index contributed by atoms with van der Waals surface area (Å²) in [6, 6.07) is 13.4. The number of hydrogen-bond donors (Lipinski definition) is 2. The molecule has 0 aliphatic heterocycles. The van der Waals surface area contributed by atoms with Crippen molar-refractivity contribution in [3.8, 4) is 0 Å². The van der Waals surface area contributed by atoms with E-state index in [1.165, 1.54) is 19.1 Å². The number of hydrogen-bond acceptors (Lipinski definition) is 5. The molecule has 0 saturated carbocycles. The Morgan fingerprint density at radius 3 is 2.17 bits per heavy atom. The first-order chi connectivity index (χ1) is 13.5. The number of amides is 2. The second-order valence-electron chi connectivity index (χ2n) is 7.61. The monoisotopic (exact) mass is 398 g/mol. The van der Waals surface area contributed by atoms with Gasteiger partial charge in [0.1, 0.15) is 5.60 Å². The van der Waals surface area contributed by atoms with Gasteiger partial charge in [0.2, 0.25) is 0 Å². The van der Waals surface area contributed by atoms with Crippen LogP contribution in [-0.2, 0) is 14.3 Å². The number of aryl methyl sites for hydroxylation is 1. The van der Waals surface area contributed by atoms with E-state index in [0.29, 0.717) is 11.4 Å². The minimum absolute atomic E-state index is 0.259. The Kier molecular flexibility index (Phi) is 6.98. The molecule has 2 amide bonds. The zero-order valence-corrected chi connectivity index (χ0v) is 17.2. The highest BCUT2D eigenvalue weighted by Gasteiger charge is 2.20. The SMILES string of the molecule is Cc1cccc(NC(=O)[C@H](C)OC(=O)c2ccc(NC(=O)OC(C)(C)C)cc2)c1. The van der Waals surface area contributed by atoms with Crippen LogP contribution < -0.4 is 10.6 Å². The Balaban J connectivity index is 1.91. The molecule has 2 N–H and O–H groups in total. The van der Waals surface area contributed by atoms with Gasteiger partial charge in [-0.25, -0.2) is 9.59 Å². The van der Waals surface area contributed by atoms with Gasteiger partial charge in [-0.3, -0.25) is 10.1 Å². The van der Waals surface area contributed by atoms with E-state index in [1.54, 1.807) is 39.0 Å². The average molecular weight is 398 g/mol. The van der Waals surface area contributed by atoms with Crippen molar-refractivity contribution < 1.29 is 23.9 Å². The van der Waals surface area contributed by atoms with Crippen LogP contribution in [0.4, 0.5) is 16.2 Å². The lowest BCUT2D eigenvalue weighted by molar-refractivity contribution is -0.123. The van der Waals surface area contributed by atoms with E-state index in [4.69, 9.17) is 9.47 Å². The number of carbonyl (C=O) groups is 3. The Morgan fingerprint density at radius 1 is 0.931 bits per heavy atom. The average Bonchev–Trinajstić information content (AvgIpc) is 2.60. The minimum Gasteiger partial charge on any atom is -0.449 e. The fourth-order valence-electron chi connectivity index (χ4n) is 2.36. The first-order valence-corrected chi connectivity index (χ1v) is 9.22. The zero-order valence-electron chi connectivity index (χ0n) is 17.2. The molecule has 0 aromatic heterocycles. The molecule has 1 atom stereocenters. The number of benzene rings is 2. The van der Waals surface area contributed by atoms with Crippen molar-refractivity contribution in [1.29, 1.82) is 0 Å². The Bertz CT molecular complexity index is 885.